The van der Waals surface area contributed by atoms with Gasteiger partial charge in [-0.2, -0.15) is 5.10 Å². The van der Waals surface area contributed by atoms with Crippen LogP contribution in [-0.2, 0) is 11.2 Å². The Balaban J connectivity index is 1.56. The lowest BCUT2D eigenvalue weighted by Crippen LogP contribution is -2.24. The van der Waals surface area contributed by atoms with E-state index in [-0.39, 0.29) is 17.9 Å². The monoisotopic (exact) mass is 542 g/mol. The van der Waals surface area contributed by atoms with Crippen molar-refractivity contribution in [2.24, 2.45) is 5.10 Å². The number of aryl methyl sites for hydroxylation is 1. The zero-order valence-electron chi connectivity index (χ0n) is 18.6. The normalized spacial score (nSPS) is 10.8. The summed E-state index contributed by atoms with van der Waals surface area (Å²) in [4.78, 5) is 24.6. The third kappa shape index (κ3) is 7.71. The first-order valence-corrected chi connectivity index (χ1v) is 11.9. The third-order valence-corrected chi connectivity index (χ3v) is 5.60. The summed E-state index contributed by atoms with van der Waals surface area (Å²) in [5, 5.41) is 4.25. The van der Waals surface area contributed by atoms with Crippen molar-refractivity contribution in [3.05, 3.63) is 92.9 Å². The van der Waals surface area contributed by atoms with E-state index in [2.05, 4.69) is 33.4 Å². The number of nitrogens with one attached hydrogen (secondary N) is 1. The topological polar surface area (TPSA) is 77.0 Å². The molecule has 0 aromatic heterocycles. The van der Waals surface area contributed by atoms with E-state index in [1.807, 2.05) is 24.3 Å². The Kier molecular flexibility index (Phi) is 9.67. The standard InChI is InChI=1S/C26H24BrClN2O4/c1-2-3-6-18-9-12-21(13-10-18)33-17-25(31)30-29-16-19-15-20(27)11-14-24(19)34-26(32)22-7-4-5-8-23(22)28/h4-5,7-16H,2-3,6,17H2,1H3,(H,30,31)/b29-16-. The predicted molar refractivity (Wildman–Crippen MR) is 137 cm³/mol. The number of nitrogens with zero attached hydrogens (tertiary/aromatic N) is 1. The summed E-state index contributed by atoms with van der Waals surface area (Å²) in [7, 11) is 0. The number of hydrogen-bond donors (Lipinski definition) is 1. The van der Waals surface area contributed by atoms with Crippen LogP contribution in [0.4, 0.5) is 0 Å². The van der Waals surface area contributed by atoms with Crippen molar-refractivity contribution < 1.29 is 19.1 Å². The molecule has 3 aromatic carbocycles. The number of carbonyl (C=O) groups excluding carboxylic acids is 2. The largest absolute Gasteiger partial charge is 0.484 e. The van der Waals surface area contributed by atoms with Crippen LogP contribution in [0.3, 0.4) is 0 Å². The van der Waals surface area contributed by atoms with Crippen molar-refractivity contribution in [1.29, 1.82) is 0 Å². The molecule has 6 nitrogen and oxygen atoms in total. The zero-order chi connectivity index (χ0) is 24.3. The Bertz CT molecular complexity index is 1170. The van der Waals surface area contributed by atoms with Crippen LogP contribution in [0, 0.1) is 0 Å². The van der Waals surface area contributed by atoms with E-state index in [0.717, 1.165) is 23.7 Å². The van der Waals surface area contributed by atoms with Crippen molar-refractivity contribution in [3.8, 4) is 11.5 Å². The highest BCUT2D eigenvalue weighted by Gasteiger charge is 2.14. The molecule has 34 heavy (non-hydrogen) atoms. The van der Waals surface area contributed by atoms with E-state index in [1.165, 1.54) is 11.8 Å². The third-order valence-electron chi connectivity index (χ3n) is 4.77. The van der Waals surface area contributed by atoms with Gasteiger partial charge in [0, 0.05) is 10.0 Å². The van der Waals surface area contributed by atoms with Crippen LogP contribution in [0.15, 0.2) is 76.3 Å². The molecule has 8 heteroatoms. The summed E-state index contributed by atoms with van der Waals surface area (Å²) in [5.74, 6) is -0.137. The van der Waals surface area contributed by atoms with E-state index in [9.17, 15) is 9.59 Å². The molecule has 0 saturated carbocycles. The SMILES string of the molecule is CCCCc1ccc(OCC(=O)N/N=C\c2cc(Br)ccc2OC(=O)c2ccccc2Cl)cc1. The number of hydrazone groups is 1. The predicted octanol–water partition coefficient (Wildman–Crippen LogP) is 6.19. The lowest BCUT2D eigenvalue weighted by atomic mass is 10.1. The first-order chi connectivity index (χ1) is 16.5. The Morgan fingerprint density at radius 2 is 1.85 bits per heavy atom. The van der Waals surface area contributed by atoms with Gasteiger partial charge in [0.2, 0.25) is 0 Å². The molecule has 0 bridgehead atoms. The summed E-state index contributed by atoms with van der Waals surface area (Å²) in [5.41, 5.74) is 4.38. The van der Waals surface area contributed by atoms with Crippen LogP contribution >= 0.6 is 27.5 Å². The Labute approximate surface area is 212 Å². The van der Waals surface area contributed by atoms with Gasteiger partial charge >= 0.3 is 5.97 Å². The van der Waals surface area contributed by atoms with Crippen molar-refractivity contribution in [3.63, 3.8) is 0 Å². The molecule has 1 N–H and O–H groups in total. The minimum atomic E-state index is -0.597. The average molecular weight is 544 g/mol. The Morgan fingerprint density at radius 3 is 2.59 bits per heavy atom. The van der Waals surface area contributed by atoms with E-state index in [1.54, 1.807) is 42.5 Å². The van der Waals surface area contributed by atoms with Gasteiger partial charge in [0.05, 0.1) is 16.8 Å². The summed E-state index contributed by atoms with van der Waals surface area (Å²) in [6.07, 6.45) is 4.70. The van der Waals surface area contributed by atoms with Crippen molar-refractivity contribution in [1.82, 2.24) is 5.43 Å². The molecule has 176 valence electrons. The Hall–Kier alpha value is -3.16. The van der Waals surface area contributed by atoms with Gasteiger partial charge in [-0.05, 0) is 60.9 Å². The molecule has 0 atom stereocenters. The van der Waals surface area contributed by atoms with Gasteiger partial charge < -0.3 is 9.47 Å². The number of benzene rings is 3. The number of amides is 1. The highest BCUT2D eigenvalue weighted by Crippen LogP contribution is 2.24. The maximum Gasteiger partial charge on any atom is 0.345 e. The van der Waals surface area contributed by atoms with Crippen molar-refractivity contribution in [2.45, 2.75) is 26.2 Å². The van der Waals surface area contributed by atoms with Crippen LogP contribution in [0.5, 0.6) is 11.5 Å². The lowest BCUT2D eigenvalue weighted by molar-refractivity contribution is -0.123. The summed E-state index contributed by atoms with van der Waals surface area (Å²) in [6.45, 7) is 1.97. The first kappa shape index (κ1) is 25.5. The fourth-order valence-electron chi connectivity index (χ4n) is 2.98. The fourth-order valence-corrected chi connectivity index (χ4v) is 3.57. The van der Waals surface area contributed by atoms with Gasteiger partial charge in [0.25, 0.3) is 5.91 Å². The number of ether oxygens (including phenoxy) is 2. The second-order valence-corrected chi connectivity index (χ2v) is 8.70. The number of hydrogen-bond acceptors (Lipinski definition) is 5. The van der Waals surface area contributed by atoms with Crippen LogP contribution in [-0.4, -0.2) is 24.7 Å². The average Bonchev–Trinajstić information content (AvgIpc) is 2.84. The van der Waals surface area contributed by atoms with Crippen molar-refractivity contribution >= 4 is 45.6 Å². The number of rotatable bonds is 10. The molecule has 0 heterocycles. The molecule has 0 aliphatic rings. The van der Waals surface area contributed by atoms with E-state index in [4.69, 9.17) is 21.1 Å². The van der Waals surface area contributed by atoms with Gasteiger partial charge in [0.1, 0.15) is 11.5 Å². The van der Waals surface area contributed by atoms with Gasteiger partial charge in [-0.15, -0.1) is 0 Å². The zero-order valence-corrected chi connectivity index (χ0v) is 20.9. The summed E-state index contributed by atoms with van der Waals surface area (Å²) >= 11 is 9.46. The van der Waals surface area contributed by atoms with Crippen LogP contribution in [0.2, 0.25) is 5.02 Å². The number of unbranched alkanes of at least 4 members (excludes halogenated alkanes) is 1. The second-order valence-electron chi connectivity index (χ2n) is 7.38. The van der Waals surface area contributed by atoms with Gasteiger partial charge in [-0.1, -0.05) is 65.1 Å². The number of esters is 1. The summed E-state index contributed by atoms with van der Waals surface area (Å²) in [6, 6.07) is 19.4. The molecule has 0 radical (unpaired) electrons. The second kappa shape index (κ2) is 12.9. The summed E-state index contributed by atoms with van der Waals surface area (Å²) < 4.78 is 11.8. The van der Waals surface area contributed by atoms with E-state index < -0.39 is 11.9 Å². The minimum absolute atomic E-state index is 0.182. The fraction of sp³-hybridized carbons (Fsp3) is 0.192. The quantitative estimate of drug-likeness (QED) is 0.143. The maximum atomic E-state index is 12.5. The minimum Gasteiger partial charge on any atom is -0.484 e. The van der Waals surface area contributed by atoms with Crippen LogP contribution in [0.1, 0.15) is 41.3 Å². The van der Waals surface area contributed by atoms with Crippen LogP contribution < -0.4 is 14.9 Å². The highest BCUT2D eigenvalue weighted by molar-refractivity contribution is 9.10. The van der Waals surface area contributed by atoms with E-state index >= 15 is 0 Å². The molecule has 0 spiro atoms. The Morgan fingerprint density at radius 1 is 1.09 bits per heavy atom. The molecular formula is C26H24BrClN2O4. The molecule has 0 saturated heterocycles. The maximum absolute atomic E-state index is 12.5. The van der Waals surface area contributed by atoms with Gasteiger partial charge in [-0.25, -0.2) is 10.2 Å². The highest BCUT2D eigenvalue weighted by atomic mass is 79.9. The molecular weight excluding hydrogens is 520 g/mol. The molecule has 0 fully saturated rings. The molecule has 0 aliphatic carbocycles. The smallest absolute Gasteiger partial charge is 0.345 e. The number of halogens is 2. The van der Waals surface area contributed by atoms with E-state index in [0.29, 0.717) is 16.3 Å². The van der Waals surface area contributed by atoms with Gasteiger partial charge in [-0.3, -0.25) is 4.79 Å². The lowest BCUT2D eigenvalue weighted by Gasteiger charge is -2.09. The van der Waals surface area contributed by atoms with Gasteiger partial charge in [0.15, 0.2) is 6.61 Å². The van der Waals surface area contributed by atoms with Crippen molar-refractivity contribution in [2.75, 3.05) is 6.61 Å². The number of carbonyl (C=O) groups is 2. The molecule has 0 aliphatic heterocycles. The molecule has 1 amide bonds. The molecule has 0 unspecified atom stereocenters. The van der Waals surface area contributed by atoms with Crippen LogP contribution in [0.25, 0.3) is 0 Å². The molecule has 3 rings (SSSR count). The first-order valence-electron chi connectivity index (χ1n) is 10.8. The molecule has 3 aromatic rings.